The number of nitrogens with zero attached hydrogens (tertiary/aromatic N) is 1. The Morgan fingerprint density at radius 3 is 2.78 bits per heavy atom. The molecule has 1 aromatic heterocycles. The van der Waals surface area contributed by atoms with Crippen LogP contribution in [0.2, 0.25) is 0 Å². The van der Waals surface area contributed by atoms with Crippen molar-refractivity contribution in [2.45, 2.75) is 46.1 Å². The van der Waals surface area contributed by atoms with Gasteiger partial charge in [-0.05, 0) is 25.2 Å². The van der Waals surface area contributed by atoms with Gasteiger partial charge in [0, 0.05) is 6.04 Å². The number of carbonyl (C=O) groups is 1. The summed E-state index contributed by atoms with van der Waals surface area (Å²) in [5.41, 5.74) is 0.603. The van der Waals surface area contributed by atoms with E-state index in [0.717, 1.165) is 17.5 Å². The Kier molecular flexibility index (Phi) is 3.90. The second kappa shape index (κ2) is 5.26. The van der Waals surface area contributed by atoms with E-state index in [1.54, 1.807) is 6.92 Å². The lowest BCUT2D eigenvalue weighted by atomic mass is 9.78. The molecule has 0 amide bonds. The number of thiazole rings is 1. The van der Waals surface area contributed by atoms with E-state index in [9.17, 15) is 4.79 Å². The summed E-state index contributed by atoms with van der Waals surface area (Å²) in [6.45, 7) is 6.30. The summed E-state index contributed by atoms with van der Waals surface area (Å²) in [6, 6.07) is 0.418. The predicted octanol–water partition coefficient (Wildman–Crippen LogP) is 3.39. The van der Waals surface area contributed by atoms with Gasteiger partial charge < -0.3 is 10.4 Å². The van der Waals surface area contributed by atoms with Crippen LogP contribution in [0.25, 0.3) is 0 Å². The summed E-state index contributed by atoms with van der Waals surface area (Å²) in [5, 5.41) is 13.2. The minimum absolute atomic E-state index is 0.342. The molecule has 3 atom stereocenters. The van der Waals surface area contributed by atoms with Crippen LogP contribution >= 0.6 is 11.3 Å². The highest BCUT2D eigenvalue weighted by atomic mass is 32.1. The average molecular weight is 268 g/mol. The zero-order valence-corrected chi connectivity index (χ0v) is 11.9. The van der Waals surface area contributed by atoms with Crippen molar-refractivity contribution in [1.29, 1.82) is 0 Å². The van der Waals surface area contributed by atoms with E-state index in [4.69, 9.17) is 5.11 Å². The molecule has 0 radical (unpaired) electrons. The van der Waals surface area contributed by atoms with Gasteiger partial charge in [0.1, 0.15) is 4.88 Å². The van der Waals surface area contributed by atoms with E-state index >= 15 is 0 Å². The van der Waals surface area contributed by atoms with E-state index in [2.05, 4.69) is 24.1 Å². The SMILES string of the molecule is Cc1nc(NC2CCCC(C)C2C)sc1C(=O)O. The van der Waals surface area contributed by atoms with Crippen molar-refractivity contribution in [1.82, 2.24) is 4.98 Å². The van der Waals surface area contributed by atoms with Crippen LogP contribution < -0.4 is 5.32 Å². The Labute approximate surface area is 111 Å². The highest BCUT2D eigenvalue weighted by Gasteiger charge is 2.28. The number of anilines is 1. The molecule has 1 aromatic rings. The van der Waals surface area contributed by atoms with Crippen LogP contribution in [-0.4, -0.2) is 22.1 Å². The highest BCUT2D eigenvalue weighted by molar-refractivity contribution is 7.17. The first-order chi connectivity index (χ1) is 8.49. The number of aromatic nitrogens is 1. The van der Waals surface area contributed by atoms with Gasteiger partial charge in [-0.15, -0.1) is 0 Å². The van der Waals surface area contributed by atoms with Crippen LogP contribution in [0.5, 0.6) is 0 Å². The summed E-state index contributed by atoms with van der Waals surface area (Å²) >= 11 is 1.24. The molecular weight excluding hydrogens is 248 g/mol. The molecule has 18 heavy (non-hydrogen) atoms. The smallest absolute Gasteiger partial charge is 0.347 e. The third-order valence-corrected chi connectivity index (χ3v) is 5.08. The molecule has 3 unspecified atom stereocenters. The van der Waals surface area contributed by atoms with Gasteiger partial charge in [0.25, 0.3) is 0 Å². The monoisotopic (exact) mass is 268 g/mol. The molecule has 1 heterocycles. The molecule has 4 nitrogen and oxygen atoms in total. The predicted molar refractivity (Wildman–Crippen MR) is 73.4 cm³/mol. The minimum atomic E-state index is -0.886. The molecule has 0 saturated heterocycles. The van der Waals surface area contributed by atoms with Crippen molar-refractivity contribution >= 4 is 22.4 Å². The molecule has 0 spiro atoms. The largest absolute Gasteiger partial charge is 0.477 e. The number of hydrogen-bond acceptors (Lipinski definition) is 4. The summed E-state index contributed by atoms with van der Waals surface area (Å²) in [5.74, 6) is 0.440. The highest BCUT2D eigenvalue weighted by Crippen LogP contribution is 2.33. The van der Waals surface area contributed by atoms with Crippen molar-refractivity contribution in [3.8, 4) is 0 Å². The Hall–Kier alpha value is -1.10. The molecule has 0 aromatic carbocycles. The lowest BCUT2D eigenvalue weighted by Crippen LogP contribution is -2.34. The second-order valence-corrected chi connectivity index (χ2v) is 6.26. The molecule has 1 fully saturated rings. The van der Waals surface area contributed by atoms with Crippen LogP contribution in [0, 0.1) is 18.8 Å². The van der Waals surface area contributed by atoms with E-state index in [0.29, 0.717) is 22.5 Å². The van der Waals surface area contributed by atoms with Crippen molar-refractivity contribution in [3.05, 3.63) is 10.6 Å². The first-order valence-corrected chi connectivity index (χ1v) is 7.28. The lowest BCUT2D eigenvalue weighted by molar-refractivity contribution is 0.0701. The van der Waals surface area contributed by atoms with Crippen molar-refractivity contribution < 1.29 is 9.90 Å². The molecule has 2 rings (SSSR count). The van der Waals surface area contributed by atoms with Gasteiger partial charge in [0.2, 0.25) is 0 Å². The summed E-state index contributed by atoms with van der Waals surface area (Å²) < 4.78 is 0. The van der Waals surface area contributed by atoms with Crippen molar-refractivity contribution in [2.75, 3.05) is 5.32 Å². The Balaban J connectivity index is 2.09. The zero-order chi connectivity index (χ0) is 13.3. The molecule has 1 saturated carbocycles. The topological polar surface area (TPSA) is 62.2 Å². The Morgan fingerprint density at radius 2 is 2.17 bits per heavy atom. The number of rotatable bonds is 3. The third-order valence-electron chi connectivity index (χ3n) is 4.01. The summed E-state index contributed by atoms with van der Waals surface area (Å²) in [7, 11) is 0. The van der Waals surface area contributed by atoms with Crippen LogP contribution in [0.15, 0.2) is 0 Å². The van der Waals surface area contributed by atoms with Gasteiger partial charge in [-0.25, -0.2) is 9.78 Å². The number of hydrogen-bond donors (Lipinski definition) is 2. The molecular formula is C13H20N2O2S. The van der Waals surface area contributed by atoms with E-state index in [1.165, 1.54) is 24.2 Å². The lowest BCUT2D eigenvalue weighted by Gasteiger charge is -2.34. The first kappa shape index (κ1) is 13.3. The number of aromatic carboxylic acids is 1. The normalized spacial score (nSPS) is 28.1. The van der Waals surface area contributed by atoms with Gasteiger partial charge >= 0.3 is 5.97 Å². The number of carboxylic acids is 1. The van der Waals surface area contributed by atoms with Crippen molar-refractivity contribution in [3.63, 3.8) is 0 Å². The quantitative estimate of drug-likeness (QED) is 0.882. The maximum Gasteiger partial charge on any atom is 0.347 e. The second-order valence-electron chi connectivity index (χ2n) is 5.26. The fourth-order valence-corrected chi connectivity index (χ4v) is 3.47. The van der Waals surface area contributed by atoms with Gasteiger partial charge in [-0.2, -0.15) is 0 Å². The maximum absolute atomic E-state index is 11.0. The van der Waals surface area contributed by atoms with E-state index < -0.39 is 5.97 Å². The number of nitrogens with one attached hydrogen (secondary N) is 1. The Bertz CT molecular complexity index is 444. The maximum atomic E-state index is 11.0. The van der Waals surface area contributed by atoms with E-state index in [1.807, 2.05) is 0 Å². The van der Waals surface area contributed by atoms with Crippen LogP contribution in [0.4, 0.5) is 5.13 Å². The summed E-state index contributed by atoms with van der Waals surface area (Å²) in [6.07, 6.45) is 3.67. The van der Waals surface area contributed by atoms with Gasteiger partial charge in [0.15, 0.2) is 5.13 Å². The fourth-order valence-electron chi connectivity index (χ4n) is 2.60. The molecule has 1 aliphatic rings. The summed E-state index contributed by atoms with van der Waals surface area (Å²) in [4.78, 5) is 15.6. The van der Waals surface area contributed by atoms with Crippen molar-refractivity contribution in [2.24, 2.45) is 11.8 Å². The number of aryl methyl sites for hydroxylation is 1. The third kappa shape index (κ3) is 2.66. The first-order valence-electron chi connectivity index (χ1n) is 6.46. The van der Waals surface area contributed by atoms with Crippen LogP contribution in [0.3, 0.4) is 0 Å². The molecule has 0 bridgehead atoms. The Morgan fingerprint density at radius 1 is 1.44 bits per heavy atom. The fraction of sp³-hybridized carbons (Fsp3) is 0.692. The van der Waals surface area contributed by atoms with Gasteiger partial charge in [-0.3, -0.25) is 0 Å². The van der Waals surface area contributed by atoms with Crippen LogP contribution in [-0.2, 0) is 0 Å². The van der Waals surface area contributed by atoms with E-state index in [-0.39, 0.29) is 0 Å². The molecule has 2 N–H and O–H groups in total. The zero-order valence-electron chi connectivity index (χ0n) is 11.1. The van der Waals surface area contributed by atoms with Gasteiger partial charge in [0.05, 0.1) is 5.69 Å². The average Bonchev–Trinajstić information content (AvgIpc) is 2.66. The van der Waals surface area contributed by atoms with Gasteiger partial charge in [-0.1, -0.05) is 38.0 Å². The number of carboxylic acid groups (broad SMARTS) is 1. The standard InChI is InChI=1S/C13H20N2O2S/c1-7-5-4-6-10(8(7)2)15-13-14-9(3)11(18-13)12(16)17/h7-8,10H,4-6H2,1-3H3,(H,14,15)(H,16,17). The molecule has 5 heteroatoms. The van der Waals surface area contributed by atoms with Crippen LogP contribution in [0.1, 0.15) is 48.5 Å². The molecule has 1 aliphatic carbocycles. The molecule has 100 valence electrons. The molecule has 0 aliphatic heterocycles. The minimum Gasteiger partial charge on any atom is -0.477 e.